The number of esters is 2. The Morgan fingerprint density at radius 2 is 1.12 bits per heavy atom. The molecule has 0 saturated carbocycles. The van der Waals surface area contributed by atoms with Gasteiger partial charge in [0.1, 0.15) is 0 Å². The zero-order valence-corrected chi connectivity index (χ0v) is 18.8. The van der Waals surface area contributed by atoms with Crippen molar-refractivity contribution in [2.45, 2.75) is 12.2 Å². The van der Waals surface area contributed by atoms with Crippen LogP contribution in [0.3, 0.4) is 0 Å². The number of carbonyl (C=O) groups excluding carboxylic acids is 3. The fourth-order valence-electron chi connectivity index (χ4n) is 2.84. The fraction of sp³-hybridized carbons (Fsp3) is 0.0833. The number of rotatable bonds is 8. The van der Waals surface area contributed by atoms with E-state index in [-0.39, 0.29) is 21.2 Å². The number of carbonyl (C=O) groups is 4. The molecule has 0 aliphatic carbocycles. The van der Waals surface area contributed by atoms with Crippen molar-refractivity contribution in [2.75, 3.05) is 5.32 Å². The molecule has 0 saturated heterocycles. The Balaban J connectivity index is 1.93. The average Bonchev–Trinajstić information content (AvgIpc) is 2.82. The molecule has 174 valence electrons. The molecule has 0 radical (unpaired) electrons. The topological polar surface area (TPSA) is 119 Å². The molecule has 0 unspecified atom stereocenters. The normalized spacial score (nSPS) is 12.2. The number of amides is 1. The second-order valence-corrected chi connectivity index (χ2v) is 7.62. The van der Waals surface area contributed by atoms with Crippen LogP contribution in [0.1, 0.15) is 20.7 Å². The monoisotopic (exact) mass is 501 g/mol. The third kappa shape index (κ3) is 6.12. The third-order valence-corrected chi connectivity index (χ3v) is 5.13. The predicted molar refractivity (Wildman–Crippen MR) is 124 cm³/mol. The van der Waals surface area contributed by atoms with Crippen molar-refractivity contribution >= 4 is 52.7 Å². The van der Waals surface area contributed by atoms with Crippen LogP contribution >= 0.6 is 23.2 Å². The molecule has 0 fully saturated rings. The molecule has 3 aromatic carbocycles. The molecule has 10 heteroatoms. The molecular weight excluding hydrogens is 485 g/mol. The quantitative estimate of drug-likeness (QED) is 0.437. The molecule has 2 N–H and O–H groups in total. The molecule has 2 atom stereocenters. The zero-order chi connectivity index (χ0) is 24.7. The van der Waals surface area contributed by atoms with Gasteiger partial charge in [-0.15, -0.1) is 0 Å². The molecule has 0 aliphatic heterocycles. The van der Waals surface area contributed by atoms with Crippen molar-refractivity contribution in [1.29, 1.82) is 0 Å². The van der Waals surface area contributed by atoms with Gasteiger partial charge in [0.05, 0.1) is 21.2 Å². The maximum Gasteiger partial charge on any atom is 0.349 e. The lowest BCUT2D eigenvalue weighted by molar-refractivity contribution is -0.157. The zero-order valence-electron chi connectivity index (χ0n) is 17.3. The van der Waals surface area contributed by atoms with Gasteiger partial charge in [-0.3, -0.25) is 4.79 Å². The molecule has 0 bridgehead atoms. The second-order valence-electron chi connectivity index (χ2n) is 6.81. The van der Waals surface area contributed by atoms with E-state index in [1.807, 2.05) is 0 Å². The van der Waals surface area contributed by atoms with Gasteiger partial charge in [0.15, 0.2) is 0 Å². The number of carboxylic acid groups (broad SMARTS) is 1. The van der Waals surface area contributed by atoms with Gasteiger partial charge < -0.3 is 19.9 Å². The Morgan fingerprint density at radius 1 is 0.676 bits per heavy atom. The maximum absolute atomic E-state index is 13.0. The Kier molecular flexibility index (Phi) is 8.24. The van der Waals surface area contributed by atoms with Gasteiger partial charge in [0.2, 0.25) is 12.2 Å². The first-order valence-corrected chi connectivity index (χ1v) is 10.5. The lowest BCUT2D eigenvalue weighted by atomic mass is 10.1. The Labute approximate surface area is 204 Å². The lowest BCUT2D eigenvalue weighted by Gasteiger charge is -2.24. The van der Waals surface area contributed by atoms with E-state index in [2.05, 4.69) is 5.32 Å². The van der Waals surface area contributed by atoms with Gasteiger partial charge in [-0.1, -0.05) is 65.7 Å². The molecule has 34 heavy (non-hydrogen) atoms. The van der Waals surface area contributed by atoms with Crippen molar-refractivity contribution in [3.8, 4) is 0 Å². The largest absolute Gasteiger partial charge is 0.478 e. The van der Waals surface area contributed by atoms with Gasteiger partial charge in [-0.05, 0) is 36.4 Å². The number of hydrogen-bond acceptors (Lipinski definition) is 6. The minimum atomic E-state index is -2.20. The summed E-state index contributed by atoms with van der Waals surface area (Å²) in [6.07, 6.45) is -4.26. The summed E-state index contributed by atoms with van der Waals surface area (Å²) in [5.41, 5.74) is 0.0613. The van der Waals surface area contributed by atoms with Gasteiger partial charge in [0, 0.05) is 5.69 Å². The van der Waals surface area contributed by atoms with E-state index in [9.17, 15) is 24.3 Å². The summed E-state index contributed by atoms with van der Waals surface area (Å²) in [7, 11) is 0. The van der Waals surface area contributed by atoms with Crippen LogP contribution in [-0.4, -0.2) is 41.1 Å². The molecule has 1 amide bonds. The number of nitrogens with one attached hydrogen (secondary N) is 1. The fourth-order valence-corrected chi connectivity index (χ4v) is 3.27. The number of carboxylic acids is 1. The van der Waals surface area contributed by atoms with Crippen molar-refractivity contribution in [3.05, 3.63) is 100 Å². The number of ether oxygens (including phenoxy) is 2. The van der Waals surface area contributed by atoms with Crippen LogP contribution in [0, 0.1) is 0 Å². The molecule has 0 spiro atoms. The standard InChI is InChI=1S/C24H17Cl2NO7/c25-17-12-6-4-10-15(17)23(31)33-19(21(28)27-14-8-2-1-3-9-14)20(22(29)30)34-24(32)16-11-5-7-13-18(16)26/h1-13,19-20H,(H,27,28)(H,29,30)/t19-,20-/m0/s1. The molecule has 0 heterocycles. The van der Waals surface area contributed by atoms with Gasteiger partial charge in [-0.25, -0.2) is 14.4 Å². The predicted octanol–water partition coefficient (Wildman–Crippen LogP) is 4.47. The molecule has 0 aromatic heterocycles. The molecule has 3 rings (SSSR count). The van der Waals surface area contributed by atoms with Crippen molar-refractivity contribution in [3.63, 3.8) is 0 Å². The molecule has 0 aliphatic rings. The van der Waals surface area contributed by atoms with Crippen molar-refractivity contribution in [1.82, 2.24) is 0 Å². The summed E-state index contributed by atoms with van der Waals surface area (Å²) in [5.74, 6) is -4.96. The average molecular weight is 502 g/mol. The van der Waals surface area contributed by atoms with E-state index in [1.54, 1.807) is 30.3 Å². The van der Waals surface area contributed by atoms with E-state index >= 15 is 0 Å². The number of halogens is 2. The Hall–Kier alpha value is -3.88. The van der Waals surface area contributed by atoms with Crippen LogP contribution in [0.15, 0.2) is 78.9 Å². The summed E-state index contributed by atoms with van der Waals surface area (Å²) in [6, 6.07) is 19.7. The summed E-state index contributed by atoms with van der Waals surface area (Å²) in [4.78, 5) is 50.4. The van der Waals surface area contributed by atoms with E-state index in [0.29, 0.717) is 5.69 Å². The third-order valence-electron chi connectivity index (χ3n) is 4.47. The van der Waals surface area contributed by atoms with Crippen LogP contribution in [0.25, 0.3) is 0 Å². The first kappa shape index (κ1) is 24.8. The van der Waals surface area contributed by atoms with Gasteiger partial charge >= 0.3 is 17.9 Å². The highest BCUT2D eigenvalue weighted by Gasteiger charge is 2.41. The number of aliphatic carboxylic acids is 1. The molecular formula is C24H17Cl2NO7. The number of para-hydroxylation sites is 1. The van der Waals surface area contributed by atoms with E-state index < -0.39 is 36.0 Å². The SMILES string of the molecule is O=C(O[C@H](C(=O)O)[C@H](OC(=O)c1ccccc1Cl)C(=O)Nc1ccccc1)c1ccccc1Cl. The summed E-state index contributed by atoms with van der Waals surface area (Å²) < 4.78 is 10.3. The highest BCUT2D eigenvalue weighted by molar-refractivity contribution is 6.34. The second kappa shape index (κ2) is 11.3. The lowest BCUT2D eigenvalue weighted by Crippen LogP contribution is -2.48. The molecule has 3 aromatic rings. The Bertz CT molecular complexity index is 1220. The summed E-state index contributed by atoms with van der Waals surface area (Å²) >= 11 is 12.0. The van der Waals surface area contributed by atoms with Crippen LogP contribution in [0.2, 0.25) is 10.0 Å². The summed E-state index contributed by atoms with van der Waals surface area (Å²) in [5, 5.41) is 12.2. The number of benzene rings is 3. The minimum absolute atomic E-state index is 0.00925. The van der Waals surface area contributed by atoms with Crippen LogP contribution in [0.4, 0.5) is 5.69 Å². The van der Waals surface area contributed by atoms with Gasteiger partial charge in [0.25, 0.3) is 5.91 Å². The van der Waals surface area contributed by atoms with Crippen molar-refractivity contribution < 1.29 is 33.8 Å². The minimum Gasteiger partial charge on any atom is -0.478 e. The summed E-state index contributed by atoms with van der Waals surface area (Å²) in [6.45, 7) is 0. The van der Waals surface area contributed by atoms with Gasteiger partial charge in [-0.2, -0.15) is 0 Å². The van der Waals surface area contributed by atoms with Crippen molar-refractivity contribution in [2.24, 2.45) is 0 Å². The molecule has 8 nitrogen and oxygen atoms in total. The van der Waals surface area contributed by atoms with E-state index in [1.165, 1.54) is 48.5 Å². The van der Waals surface area contributed by atoms with Crippen LogP contribution < -0.4 is 5.32 Å². The number of anilines is 1. The van der Waals surface area contributed by atoms with Crippen LogP contribution in [-0.2, 0) is 19.1 Å². The van der Waals surface area contributed by atoms with Crippen LogP contribution in [0.5, 0.6) is 0 Å². The first-order chi connectivity index (χ1) is 16.3. The Morgan fingerprint density at radius 3 is 1.59 bits per heavy atom. The maximum atomic E-state index is 13.0. The smallest absolute Gasteiger partial charge is 0.349 e. The highest BCUT2D eigenvalue weighted by Crippen LogP contribution is 2.21. The first-order valence-electron chi connectivity index (χ1n) is 9.77. The number of hydrogen-bond donors (Lipinski definition) is 2. The van der Waals surface area contributed by atoms with E-state index in [0.717, 1.165) is 0 Å². The van der Waals surface area contributed by atoms with E-state index in [4.69, 9.17) is 32.7 Å². The highest BCUT2D eigenvalue weighted by atomic mass is 35.5.